The van der Waals surface area contributed by atoms with E-state index in [-0.39, 0.29) is 5.54 Å². The van der Waals surface area contributed by atoms with E-state index in [2.05, 4.69) is 72.2 Å². The fourth-order valence-corrected chi connectivity index (χ4v) is 5.45. The summed E-state index contributed by atoms with van der Waals surface area (Å²) in [5.41, 5.74) is 3.01. The molecule has 1 saturated heterocycles. The maximum Gasteiger partial charge on any atom is 0.0590 e. The lowest BCUT2D eigenvalue weighted by Gasteiger charge is -2.46. The van der Waals surface area contributed by atoms with Gasteiger partial charge in [0.2, 0.25) is 0 Å². The average molecular weight is 339 g/mol. The molecular formula is C21H26N2S. The lowest BCUT2D eigenvalue weighted by atomic mass is 9.88. The number of anilines is 2. The molecule has 0 aliphatic carbocycles. The molecule has 1 atom stereocenters. The topological polar surface area (TPSA) is 6.48 Å². The fraction of sp³-hybridized carbons (Fsp3) is 0.429. The molecule has 2 heterocycles. The van der Waals surface area contributed by atoms with Crippen molar-refractivity contribution in [1.82, 2.24) is 4.90 Å². The van der Waals surface area contributed by atoms with Crippen molar-refractivity contribution in [2.24, 2.45) is 0 Å². The number of rotatable bonds is 4. The highest BCUT2D eigenvalue weighted by molar-refractivity contribution is 7.99. The normalized spacial score (nSPS) is 23.2. The fourth-order valence-electron chi connectivity index (χ4n) is 4.39. The molecule has 2 nitrogen and oxygen atoms in total. The number of para-hydroxylation sites is 2. The van der Waals surface area contributed by atoms with Crippen LogP contribution in [0.4, 0.5) is 11.4 Å². The van der Waals surface area contributed by atoms with E-state index >= 15 is 0 Å². The van der Waals surface area contributed by atoms with Gasteiger partial charge in [-0.05, 0) is 43.7 Å². The minimum atomic E-state index is 0.220. The Bertz CT molecular complexity index is 684. The highest BCUT2D eigenvalue weighted by Gasteiger charge is 2.45. The zero-order valence-corrected chi connectivity index (χ0v) is 15.5. The van der Waals surface area contributed by atoms with Crippen LogP contribution in [0.15, 0.2) is 58.3 Å². The van der Waals surface area contributed by atoms with Crippen LogP contribution in [0.3, 0.4) is 0 Å². The zero-order chi connectivity index (χ0) is 16.6. The molecule has 0 amide bonds. The molecule has 0 spiro atoms. The summed E-state index contributed by atoms with van der Waals surface area (Å²) in [6, 6.07) is 17.9. The van der Waals surface area contributed by atoms with Crippen molar-refractivity contribution in [3.63, 3.8) is 0 Å². The summed E-state index contributed by atoms with van der Waals surface area (Å²) in [6.45, 7) is 8.15. The Balaban J connectivity index is 1.87. The second-order valence-electron chi connectivity index (χ2n) is 6.97. The van der Waals surface area contributed by atoms with Gasteiger partial charge in [0, 0.05) is 22.9 Å². The van der Waals surface area contributed by atoms with E-state index in [1.165, 1.54) is 53.5 Å². The highest BCUT2D eigenvalue weighted by Crippen LogP contribution is 2.53. The van der Waals surface area contributed by atoms with Gasteiger partial charge in [-0.3, -0.25) is 0 Å². The summed E-state index contributed by atoms with van der Waals surface area (Å²) in [5, 5.41) is 0. The van der Waals surface area contributed by atoms with Crippen LogP contribution in [0.5, 0.6) is 0 Å². The Morgan fingerprint density at radius 3 is 2.12 bits per heavy atom. The van der Waals surface area contributed by atoms with Crippen molar-refractivity contribution < 1.29 is 0 Å². The SMILES string of the molecule is CCCC1(N2c3ccccc3Sc3ccccc32)CCN(CC)C1. The van der Waals surface area contributed by atoms with E-state index < -0.39 is 0 Å². The van der Waals surface area contributed by atoms with Gasteiger partial charge in [0.15, 0.2) is 0 Å². The molecule has 0 saturated carbocycles. The minimum absolute atomic E-state index is 0.220. The van der Waals surface area contributed by atoms with E-state index in [4.69, 9.17) is 0 Å². The zero-order valence-electron chi connectivity index (χ0n) is 14.7. The number of likely N-dealkylation sites (tertiary alicyclic amines) is 1. The van der Waals surface area contributed by atoms with Crippen LogP contribution in [0.25, 0.3) is 0 Å². The molecule has 0 aromatic heterocycles. The Hall–Kier alpha value is -1.45. The first-order chi connectivity index (χ1) is 11.8. The number of hydrogen-bond acceptors (Lipinski definition) is 3. The molecule has 1 fully saturated rings. The molecule has 2 aliphatic rings. The van der Waals surface area contributed by atoms with Crippen molar-refractivity contribution >= 4 is 23.1 Å². The van der Waals surface area contributed by atoms with Crippen molar-refractivity contribution in [1.29, 1.82) is 0 Å². The van der Waals surface area contributed by atoms with Gasteiger partial charge in [-0.1, -0.05) is 56.3 Å². The van der Waals surface area contributed by atoms with Crippen molar-refractivity contribution in [2.45, 2.75) is 48.4 Å². The molecule has 2 aliphatic heterocycles. The third kappa shape index (κ3) is 2.55. The van der Waals surface area contributed by atoms with Gasteiger partial charge < -0.3 is 9.80 Å². The highest BCUT2D eigenvalue weighted by atomic mass is 32.2. The van der Waals surface area contributed by atoms with Crippen LogP contribution in [0.2, 0.25) is 0 Å². The molecule has 1 unspecified atom stereocenters. The van der Waals surface area contributed by atoms with Crippen LogP contribution in [-0.4, -0.2) is 30.1 Å². The number of nitrogens with zero attached hydrogens (tertiary/aromatic N) is 2. The third-order valence-corrected chi connectivity index (χ3v) is 6.61. The molecule has 0 bridgehead atoms. The Labute approximate surface area is 149 Å². The molecule has 3 heteroatoms. The summed E-state index contributed by atoms with van der Waals surface area (Å²) in [6.07, 6.45) is 3.73. The Kier molecular flexibility index (Phi) is 4.31. The van der Waals surface area contributed by atoms with E-state index in [0.717, 1.165) is 6.54 Å². The summed E-state index contributed by atoms with van der Waals surface area (Å²) in [5.74, 6) is 0. The van der Waals surface area contributed by atoms with Gasteiger partial charge in [0.1, 0.15) is 0 Å². The lowest BCUT2D eigenvalue weighted by molar-refractivity contribution is 0.313. The van der Waals surface area contributed by atoms with Crippen molar-refractivity contribution in [3.05, 3.63) is 48.5 Å². The smallest absolute Gasteiger partial charge is 0.0590 e. The maximum absolute atomic E-state index is 2.69. The quantitative estimate of drug-likeness (QED) is 0.721. The maximum atomic E-state index is 2.69. The predicted molar refractivity (Wildman–Crippen MR) is 104 cm³/mol. The van der Waals surface area contributed by atoms with E-state index in [0.29, 0.717) is 0 Å². The van der Waals surface area contributed by atoms with Gasteiger partial charge in [-0.2, -0.15) is 0 Å². The summed E-state index contributed by atoms with van der Waals surface area (Å²) in [4.78, 5) is 8.08. The number of likely N-dealkylation sites (N-methyl/N-ethyl adjacent to an activating group) is 1. The van der Waals surface area contributed by atoms with Crippen molar-refractivity contribution in [3.8, 4) is 0 Å². The second-order valence-corrected chi connectivity index (χ2v) is 8.05. The second kappa shape index (κ2) is 6.45. The number of hydrogen-bond donors (Lipinski definition) is 0. The molecular weight excluding hydrogens is 312 g/mol. The van der Waals surface area contributed by atoms with Gasteiger partial charge in [0.25, 0.3) is 0 Å². The van der Waals surface area contributed by atoms with Gasteiger partial charge >= 0.3 is 0 Å². The summed E-state index contributed by atoms with van der Waals surface area (Å²) < 4.78 is 0. The molecule has 24 heavy (non-hydrogen) atoms. The molecule has 126 valence electrons. The average Bonchev–Trinajstić information content (AvgIpc) is 3.04. The molecule has 2 aromatic carbocycles. The van der Waals surface area contributed by atoms with Gasteiger partial charge in [-0.25, -0.2) is 0 Å². The Morgan fingerprint density at radius 2 is 1.58 bits per heavy atom. The van der Waals surface area contributed by atoms with Gasteiger partial charge in [0.05, 0.1) is 16.9 Å². The Morgan fingerprint density at radius 1 is 0.958 bits per heavy atom. The monoisotopic (exact) mass is 338 g/mol. The molecule has 4 rings (SSSR count). The molecule has 2 aromatic rings. The van der Waals surface area contributed by atoms with Crippen LogP contribution >= 0.6 is 11.8 Å². The van der Waals surface area contributed by atoms with Crippen LogP contribution in [0.1, 0.15) is 33.1 Å². The summed E-state index contributed by atoms with van der Waals surface area (Å²) >= 11 is 1.91. The first-order valence-electron chi connectivity index (χ1n) is 9.16. The van der Waals surface area contributed by atoms with Crippen LogP contribution in [0, 0.1) is 0 Å². The largest absolute Gasteiger partial charge is 0.332 e. The van der Waals surface area contributed by atoms with E-state index in [1.54, 1.807) is 0 Å². The predicted octanol–water partition coefficient (Wildman–Crippen LogP) is 5.55. The minimum Gasteiger partial charge on any atom is -0.332 e. The van der Waals surface area contributed by atoms with E-state index in [9.17, 15) is 0 Å². The number of benzene rings is 2. The standard InChI is InChI=1S/C21H26N2S/c1-3-13-21(14-15-22(4-2)16-21)23-17-9-5-7-11-19(17)24-20-12-8-6-10-18(20)23/h5-12H,3-4,13-16H2,1-2H3. The van der Waals surface area contributed by atoms with Crippen LogP contribution < -0.4 is 4.90 Å². The van der Waals surface area contributed by atoms with Crippen molar-refractivity contribution in [2.75, 3.05) is 24.5 Å². The van der Waals surface area contributed by atoms with Crippen LogP contribution in [-0.2, 0) is 0 Å². The third-order valence-electron chi connectivity index (χ3n) is 5.48. The molecule has 0 radical (unpaired) electrons. The summed E-state index contributed by atoms with van der Waals surface area (Å²) in [7, 11) is 0. The molecule has 0 N–H and O–H groups in total. The van der Waals surface area contributed by atoms with Gasteiger partial charge in [-0.15, -0.1) is 0 Å². The first kappa shape index (κ1) is 16.0. The first-order valence-corrected chi connectivity index (χ1v) is 9.97. The number of fused-ring (bicyclic) bond motifs is 2. The van der Waals surface area contributed by atoms with E-state index in [1.807, 2.05) is 11.8 Å². The lowest BCUT2D eigenvalue weighted by Crippen LogP contribution is -2.49.